The molecule has 1 heterocycles. The Morgan fingerprint density at radius 1 is 1.44 bits per heavy atom. The van der Waals surface area contributed by atoms with Crippen LogP contribution < -0.4 is 5.32 Å². The molecule has 90 valence electrons. The van der Waals surface area contributed by atoms with Gasteiger partial charge < -0.3 is 5.32 Å². The Bertz CT molecular complexity index is 595. The van der Waals surface area contributed by atoms with Crippen LogP contribution in [0.15, 0.2) is 24.3 Å². The number of carbonyl (C=O) groups is 1. The number of benzene rings is 1. The van der Waals surface area contributed by atoms with Crippen LogP contribution in [-0.2, 0) is 11.3 Å². The predicted octanol–water partition coefficient (Wildman–Crippen LogP) is 0.822. The van der Waals surface area contributed by atoms with E-state index in [0.29, 0.717) is 11.5 Å². The van der Waals surface area contributed by atoms with Gasteiger partial charge in [0, 0.05) is 18.2 Å². The van der Waals surface area contributed by atoms with Crippen molar-refractivity contribution in [2.24, 2.45) is 0 Å². The lowest BCUT2D eigenvalue weighted by atomic mass is 10.2. The number of amides is 1. The van der Waals surface area contributed by atoms with Crippen molar-refractivity contribution in [3.05, 3.63) is 24.3 Å². The molecule has 1 aromatic heterocycles. The first-order chi connectivity index (χ1) is 8.70. The van der Waals surface area contributed by atoms with Crippen molar-refractivity contribution >= 4 is 11.6 Å². The van der Waals surface area contributed by atoms with Gasteiger partial charge >= 0.3 is 0 Å². The highest BCUT2D eigenvalue weighted by molar-refractivity contribution is 5.88. The third-order valence-corrected chi connectivity index (χ3v) is 2.22. The van der Waals surface area contributed by atoms with Gasteiger partial charge in [-0.05, 0) is 34.7 Å². The molecule has 0 aliphatic rings. The molecule has 7 nitrogen and oxygen atoms in total. The summed E-state index contributed by atoms with van der Waals surface area (Å²) in [6, 6.07) is 9.05. The van der Waals surface area contributed by atoms with E-state index in [1.165, 1.54) is 11.6 Å². The summed E-state index contributed by atoms with van der Waals surface area (Å²) in [5, 5.41) is 22.4. The SMILES string of the molecule is CC(=O)Nc1ccc(-c2nnnn2CC#N)cc1. The summed E-state index contributed by atoms with van der Waals surface area (Å²) in [5.41, 5.74) is 1.48. The fourth-order valence-electron chi connectivity index (χ4n) is 1.49. The van der Waals surface area contributed by atoms with Gasteiger partial charge in [-0.3, -0.25) is 4.79 Å². The summed E-state index contributed by atoms with van der Waals surface area (Å²) in [4.78, 5) is 10.9. The van der Waals surface area contributed by atoms with Gasteiger partial charge in [0.2, 0.25) is 5.91 Å². The van der Waals surface area contributed by atoms with E-state index >= 15 is 0 Å². The average molecular weight is 242 g/mol. The van der Waals surface area contributed by atoms with E-state index in [1.807, 2.05) is 6.07 Å². The second kappa shape index (κ2) is 5.05. The van der Waals surface area contributed by atoms with Crippen LogP contribution in [0.3, 0.4) is 0 Å². The van der Waals surface area contributed by atoms with Gasteiger partial charge in [0.1, 0.15) is 6.54 Å². The molecule has 0 bridgehead atoms. The van der Waals surface area contributed by atoms with Crippen molar-refractivity contribution in [3.63, 3.8) is 0 Å². The second-order valence-electron chi connectivity index (χ2n) is 3.58. The molecule has 1 amide bonds. The largest absolute Gasteiger partial charge is 0.326 e. The summed E-state index contributed by atoms with van der Waals surface area (Å²) in [5.74, 6) is 0.392. The van der Waals surface area contributed by atoms with Gasteiger partial charge in [0.25, 0.3) is 0 Å². The Labute approximate surface area is 103 Å². The van der Waals surface area contributed by atoms with Gasteiger partial charge in [-0.25, -0.2) is 4.68 Å². The van der Waals surface area contributed by atoms with Crippen LogP contribution in [0, 0.1) is 11.3 Å². The molecule has 0 atom stereocenters. The van der Waals surface area contributed by atoms with Crippen LogP contribution >= 0.6 is 0 Å². The summed E-state index contributed by atoms with van der Waals surface area (Å²) >= 11 is 0. The molecular weight excluding hydrogens is 232 g/mol. The van der Waals surface area contributed by atoms with Crippen LogP contribution in [0.4, 0.5) is 5.69 Å². The third-order valence-electron chi connectivity index (χ3n) is 2.22. The lowest BCUT2D eigenvalue weighted by molar-refractivity contribution is -0.114. The van der Waals surface area contributed by atoms with E-state index in [2.05, 4.69) is 20.8 Å². The van der Waals surface area contributed by atoms with Crippen molar-refractivity contribution in [2.75, 3.05) is 5.32 Å². The third kappa shape index (κ3) is 2.49. The molecule has 1 aromatic carbocycles. The number of rotatable bonds is 3. The highest BCUT2D eigenvalue weighted by atomic mass is 16.1. The fraction of sp³-hybridized carbons (Fsp3) is 0.182. The number of nitriles is 1. The Hall–Kier alpha value is -2.75. The number of nitrogens with one attached hydrogen (secondary N) is 1. The molecule has 0 fully saturated rings. The molecule has 18 heavy (non-hydrogen) atoms. The van der Waals surface area contributed by atoms with Crippen LogP contribution in [0.1, 0.15) is 6.92 Å². The van der Waals surface area contributed by atoms with Crippen molar-refractivity contribution in [1.29, 1.82) is 5.26 Å². The molecule has 0 spiro atoms. The number of carbonyl (C=O) groups excluding carboxylic acids is 1. The maximum absolute atomic E-state index is 10.9. The average Bonchev–Trinajstić information content (AvgIpc) is 2.78. The van der Waals surface area contributed by atoms with E-state index in [1.54, 1.807) is 24.3 Å². The number of nitrogens with zero attached hydrogens (tertiary/aromatic N) is 5. The monoisotopic (exact) mass is 242 g/mol. The van der Waals surface area contributed by atoms with Gasteiger partial charge in [0.05, 0.1) is 6.07 Å². The maximum Gasteiger partial charge on any atom is 0.221 e. The molecule has 0 aliphatic carbocycles. The summed E-state index contributed by atoms with van der Waals surface area (Å²) in [6.45, 7) is 1.54. The Balaban J connectivity index is 2.26. The van der Waals surface area contributed by atoms with E-state index in [9.17, 15) is 4.79 Å². The Morgan fingerprint density at radius 3 is 2.78 bits per heavy atom. The second-order valence-corrected chi connectivity index (χ2v) is 3.58. The van der Waals surface area contributed by atoms with Gasteiger partial charge in [0.15, 0.2) is 5.82 Å². The standard InChI is InChI=1S/C11H10N6O/c1-8(18)13-10-4-2-9(3-5-10)11-14-15-16-17(11)7-6-12/h2-5H,7H2,1H3,(H,13,18). The Morgan fingerprint density at radius 2 is 2.17 bits per heavy atom. The van der Waals surface area contributed by atoms with Crippen molar-refractivity contribution in [1.82, 2.24) is 20.2 Å². The summed E-state index contributed by atoms with van der Waals surface area (Å²) < 4.78 is 1.41. The van der Waals surface area contributed by atoms with Gasteiger partial charge in [-0.2, -0.15) is 5.26 Å². The molecule has 0 aliphatic heterocycles. The lowest BCUT2D eigenvalue weighted by Gasteiger charge is -2.03. The van der Waals surface area contributed by atoms with Gasteiger partial charge in [-0.15, -0.1) is 5.10 Å². The minimum absolute atomic E-state index is 0.0930. The highest BCUT2D eigenvalue weighted by Gasteiger charge is 2.08. The van der Waals surface area contributed by atoms with Crippen LogP contribution in [0.2, 0.25) is 0 Å². The first kappa shape index (κ1) is 11.7. The number of aromatic nitrogens is 4. The van der Waals surface area contributed by atoms with E-state index in [-0.39, 0.29) is 12.5 Å². The minimum atomic E-state index is -0.128. The molecule has 2 rings (SSSR count). The smallest absolute Gasteiger partial charge is 0.221 e. The van der Waals surface area contributed by atoms with E-state index < -0.39 is 0 Å². The number of hydrogen-bond acceptors (Lipinski definition) is 5. The quantitative estimate of drug-likeness (QED) is 0.859. The number of tetrazole rings is 1. The highest BCUT2D eigenvalue weighted by Crippen LogP contribution is 2.18. The Kier molecular flexibility index (Phi) is 3.29. The van der Waals surface area contributed by atoms with Crippen molar-refractivity contribution in [2.45, 2.75) is 13.5 Å². The van der Waals surface area contributed by atoms with Gasteiger partial charge in [-0.1, -0.05) is 0 Å². The summed E-state index contributed by atoms with van der Waals surface area (Å²) in [7, 11) is 0. The molecule has 2 aromatic rings. The molecule has 0 saturated carbocycles. The molecule has 0 radical (unpaired) electrons. The van der Waals surface area contributed by atoms with E-state index in [0.717, 1.165) is 5.56 Å². The number of anilines is 1. The molecular formula is C11H10N6O. The molecule has 0 saturated heterocycles. The first-order valence-electron chi connectivity index (χ1n) is 5.22. The van der Waals surface area contributed by atoms with Crippen LogP contribution in [0.25, 0.3) is 11.4 Å². The normalized spacial score (nSPS) is 9.78. The fourth-order valence-corrected chi connectivity index (χ4v) is 1.49. The van der Waals surface area contributed by atoms with Crippen molar-refractivity contribution in [3.8, 4) is 17.5 Å². The summed E-state index contributed by atoms with van der Waals surface area (Å²) in [6.07, 6.45) is 0. The molecule has 1 N–H and O–H groups in total. The topological polar surface area (TPSA) is 96.5 Å². The molecule has 7 heteroatoms. The zero-order valence-corrected chi connectivity index (χ0v) is 9.66. The zero-order chi connectivity index (χ0) is 13.0. The van der Waals surface area contributed by atoms with E-state index in [4.69, 9.17) is 5.26 Å². The predicted molar refractivity (Wildman–Crippen MR) is 63.2 cm³/mol. The zero-order valence-electron chi connectivity index (χ0n) is 9.66. The first-order valence-corrected chi connectivity index (χ1v) is 5.22. The maximum atomic E-state index is 10.9. The lowest BCUT2D eigenvalue weighted by Crippen LogP contribution is -2.05. The number of hydrogen-bond donors (Lipinski definition) is 1. The minimum Gasteiger partial charge on any atom is -0.326 e. The van der Waals surface area contributed by atoms with Crippen LogP contribution in [0.5, 0.6) is 0 Å². The van der Waals surface area contributed by atoms with Crippen molar-refractivity contribution < 1.29 is 4.79 Å². The molecule has 0 unspecified atom stereocenters. The van der Waals surface area contributed by atoms with Crippen LogP contribution in [-0.4, -0.2) is 26.1 Å².